The summed E-state index contributed by atoms with van der Waals surface area (Å²) in [6.45, 7) is 5.54. The summed E-state index contributed by atoms with van der Waals surface area (Å²) in [7, 11) is 1.55. The summed E-state index contributed by atoms with van der Waals surface area (Å²) < 4.78 is 10.8. The summed E-state index contributed by atoms with van der Waals surface area (Å²) in [6.07, 6.45) is -0.234. The fourth-order valence-corrected chi connectivity index (χ4v) is 3.54. The minimum absolute atomic E-state index is 0.138. The summed E-state index contributed by atoms with van der Waals surface area (Å²) in [4.78, 5) is 41.4. The number of esters is 1. The van der Waals surface area contributed by atoms with Gasteiger partial charge in [-0.2, -0.15) is 0 Å². The monoisotopic (exact) mass is 438 g/mol. The van der Waals surface area contributed by atoms with E-state index in [4.69, 9.17) is 9.47 Å². The molecule has 0 N–H and O–H groups in total. The molecule has 0 aromatic heterocycles. The fraction of sp³-hybridized carbons (Fsp3) is 0.400. The summed E-state index contributed by atoms with van der Waals surface area (Å²) >= 11 is 0. The summed E-state index contributed by atoms with van der Waals surface area (Å²) in [5, 5.41) is 0. The van der Waals surface area contributed by atoms with Crippen LogP contribution in [-0.4, -0.2) is 53.0 Å². The molecule has 2 aromatic carbocycles. The van der Waals surface area contributed by atoms with Crippen LogP contribution in [0.3, 0.4) is 0 Å². The number of hydrogen-bond donors (Lipinski definition) is 0. The number of benzene rings is 2. The van der Waals surface area contributed by atoms with Crippen molar-refractivity contribution < 1.29 is 23.9 Å². The van der Waals surface area contributed by atoms with Gasteiger partial charge in [-0.3, -0.25) is 14.5 Å². The number of likely N-dealkylation sites (N-methyl/N-ethyl adjacent to an activating group) is 1. The number of hydrogen-bond acceptors (Lipinski definition) is 5. The predicted octanol–water partition coefficient (Wildman–Crippen LogP) is 3.55. The molecule has 7 heteroatoms. The SMILES string of the molecule is CN(C(=O)OC(C)(C)C)[C@H]1Cc2ccccc2CN(CC(=O)OCc2ccccc2)C1=O. The summed E-state index contributed by atoms with van der Waals surface area (Å²) in [5.74, 6) is -0.813. The minimum atomic E-state index is -0.782. The maximum Gasteiger partial charge on any atom is 0.410 e. The zero-order chi connectivity index (χ0) is 23.3. The molecule has 32 heavy (non-hydrogen) atoms. The molecule has 1 heterocycles. The van der Waals surface area contributed by atoms with Gasteiger partial charge in [0.15, 0.2) is 0 Å². The highest BCUT2D eigenvalue weighted by molar-refractivity contribution is 5.89. The molecule has 1 atom stereocenters. The Bertz CT molecular complexity index is 968. The number of carbonyl (C=O) groups is 3. The predicted molar refractivity (Wildman–Crippen MR) is 120 cm³/mol. The molecule has 2 amide bonds. The second kappa shape index (κ2) is 9.85. The van der Waals surface area contributed by atoms with Crippen molar-refractivity contribution in [2.45, 2.75) is 52.0 Å². The molecule has 0 fully saturated rings. The molecule has 1 aliphatic rings. The Balaban J connectivity index is 1.76. The Morgan fingerprint density at radius 1 is 1.03 bits per heavy atom. The fourth-order valence-electron chi connectivity index (χ4n) is 3.54. The van der Waals surface area contributed by atoms with E-state index in [0.29, 0.717) is 6.42 Å². The molecule has 1 aliphatic heterocycles. The molecule has 0 unspecified atom stereocenters. The number of carbonyl (C=O) groups excluding carboxylic acids is 3. The second-order valence-electron chi connectivity index (χ2n) is 8.92. The average Bonchev–Trinajstić information content (AvgIpc) is 2.88. The zero-order valence-electron chi connectivity index (χ0n) is 19.0. The summed E-state index contributed by atoms with van der Waals surface area (Å²) in [5.41, 5.74) is 2.09. The van der Waals surface area contributed by atoms with Gasteiger partial charge in [-0.05, 0) is 37.5 Å². The van der Waals surface area contributed by atoms with Gasteiger partial charge in [-0.25, -0.2) is 4.79 Å². The quantitative estimate of drug-likeness (QED) is 0.668. The van der Waals surface area contributed by atoms with Crippen LogP contribution in [0.25, 0.3) is 0 Å². The number of fused-ring (bicyclic) bond motifs is 1. The third-order valence-electron chi connectivity index (χ3n) is 5.20. The first-order chi connectivity index (χ1) is 15.1. The first-order valence-electron chi connectivity index (χ1n) is 10.6. The third kappa shape index (κ3) is 6.09. The van der Waals surface area contributed by atoms with Gasteiger partial charge in [-0.1, -0.05) is 54.6 Å². The van der Waals surface area contributed by atoms with Crippen molar-refractivity contribution >= 4 is 18.0 Å². The Morgan fingerprint density at radius 3 is 2.31 bits per heavy atom. The van der Waals surface area contributed by atoms with Crippen LogP contribution >= 0.6 is 0 Å². The van der Waals surface area contributed by atoms with Gasteiger partial charge in [0.2, 0.25) is 5.91 Å². The van der Waals surface area contributed by atoms with E-state index in [9.17, 15) is 14.4 Å². The molecule has 3 rings (SSSR count). The summed E-state index contributed by atoms with van der Waals surface area (Å²) in [6, 6.07) is 16.3. The van der Waals surface area contributed by atoms with Gasteiger partial charge >= 0.3 is 12.1 Å². The Kier molecular flexibility index (Phi) is 7.18. The first-order valence-corrected chi connectivity index (χ1v) is 10.6. The molecular weight excluding hydrogens is 408 g/mol. The van der Waals surface area contributed by atoms with Crippen molar-refractivity contribution in [3.05, 3.63) is 71.3 Å². The lowest BCUT2D eigenvalue weighted by Crippen LogP contribution is -2.51. The number of rotatable bonds is 5. The van der Waals surface area contributed by atoms with Crippen LogP contribution in [0, 0.1) is 0 Å². The van der Waals surface area contributed by atoms with Crippen molar-refractivity contribution in [2.75, 3.05) is 13.6 Å². The Labute approximate surface area is 188 Å². The molecule has 2 aromatic rings. The van der Waals surface area contributed by atoms with Gasteiger partial charge in [0.05, 0.1) is 0 Å². The lowest BCUT2D eigenvalue weighted by molar-refractivity contribution is -0.152. The van der Waals surface area contributed by atoms with Crippen molar-refractivity contribution in [1.29, 1.82) is 0 Å². The minimum Gasteiger partial charge on any atom is -0.459 e. The van der Waals surface area contributed by atoms with E-state index < -0.39 is 23.7 Å². The zero-order valence-corrected chi connectivity index (χ0v) is 19.0. The van der Waals surface area contributed by atoms with Crippen LogP contribution in [0.15, 0.2) is 54.6 Å². The van der Waals surface area contributed by atoms with Crippen LogP contribution in [0.5, 0.6) is 0 Å². The Hall–Kier alpha value is -3.35. The highest BCUT2D eigenvalue weighted by Crippen LogP contribution is 2.23. The topological polar surface area (TPSA) is 76.2 Å². The van der Waals surface area contributed by atoms with E-state index in [0.717, 1.165) is 16.7 Å². The molecule has 0 bridgehead atoms. The van der Waals surface area contributed by atoms with Gasteiger partial charge in [-0.15, -0.1) is 0 Å². The molecule has 0 radical (unpaired) electrons. The van der Waals surface area contributed by atoms with E-state index in [1.807, 2.05) is 54.6 Å². The maximum absolute atomic E-state index is 13.4. The van der Waals surface area contributed by atoms with Crippen LogP contribution in [0.4, 0.5) is 4.79 Å². The largest absolute Gasteiger partial charge is 0.459 e. The smallest absolute Gasteiger partial charge is 0.410 e. The average molecular weight is 439 g/mol. The normalized spacial score (nSPS) is 16.1. The lowest BCUT2D eigenvalue weighted by atomic mass is 10.0. The Morgan fingerprint density at radius 2 is 1.66 bits per heavy atom. The van der Waals surface area contributed by atoms with E-state index in [1.54, 1.807) is 27.8 Å². The van der Waals surface area contributed by atoms with E-state index in [-0.39, 0.29) is 25.6 Å². The first kappa shape index (κ1) is 23.3. The van der Waals surface area contributed by atoms with E-state index in [2.05, 4.69) is 0 Å². The van der Waals surface area contributed by atoms with E-state index >= 15 is 0 Å². The van der Waals surface area contributed by atoms with Gasteiger partial charge in [0, 0.05) is 20.0 Å². The second-order valence-corrected chi connectivity index (χ2v) is 8.92. The molecule has 0 spiro atoms. The molecule has 0 aliphatic carbocycles. The maximum atomic E-state index is 13.4. The van der Waals surface area contributed by atoms with Crippen molar-refractivity contribution in [2.24, 2.45) is 0 Å². The van der Waals surface area contributed by atoms with Crippen LogP contribution in [0.2, 0.25) is 0 Å². The number of nitrogens with zero attached hydrogens (tertiary/aromatic N) is 2. The molecular formula is C25H30N2O5. The molecule has 170 valence electrons. The number of amides is 2. The van der Waals surface area contributed by atoms with Crippen molar-refractivity contribution in [3.63, 3.8) is 0 Å². The van der Waals surface area contributed by atoms with Crippen LogP contribution in [-0.2, 0) is 38.6 Å². The molecule has 0 saturated heterocycles. The van der Waals surface area contributed by atoms with Crippen molar-refractivity contribution in [3.8, 4) is 0 Å². The van der Waals surface area contributed by atoms with E-state index in [1.165, 1.54) is 9.80 Å². The van der Waals surface area contributed by atoms with Gasteiger partial charge in [0.25, 0.3) is 0 Å². The lowest BCUT2D eigenvalue weighted by Gasteiger charge is -2.31. The van der Waals surface area contributed by atoms with Gasteiger partial charge < -0.3 is 14.4 Å². The van der Waals surface area contributed by atoms with Crippen molar-refractivity contribution in [1.82, 2.24) is 9.80 Å². The van der Waals surface area contributed by atoms with Crippen LogP contribution < -0.4 is 0 Å². The number of ether oxygens (including phenoxy) is 2. The molecule has 0 saturated carbocycles. The highest BCUT2D eigenvalue weighted by Gasteiger charge is 2.36. The molecule has 7 nitrogen and oxygen atoms in total. The standard InChI is InChI=1S/C25H30N2O5/c1-25(2,3)32-24(30)26(4)21-14-19-12-8-9-13-20(19)15-27(23(21)29)16-22(28)31-17-18-10-6-5-7-11-18/h5-13,21H,14-17H2,1-4H3/t21-/m0/s1. The highest BCUT2D eigenvalue weighted by atomic mass is 16.6. The third-order valence-corrected chi connectivity index (χ3v) is 5.20. The van der Waals surface area contributed by atoms with Gasteiger partial charge in [0.1, 0.15) is 24.8 Å². The van der Waals surface area contributed by atoms with Crippen LogP contribution in [0.1, 0.15) is 37.5 Å².